The molecule has 0 radical (unpaired) electrons. The topological polar surface area (TPSA) is 113 Å². The van der Waals surface area contributed by atoms with Crippen LogP contribution in [0.1, 0.15) is 59.9 Å². The summed E-state index contributed by atoms with van der Waals surface area (Å²) in [6.07, 6.45) is 3.01. The van der Waals surface area contributed by atoms with Crippen LogP contribution in [0.15, 0.2) is 10.6 Å². The summed E-state index contributed by atoms with van der Waals surface area (Å²) in [4.78, 5) is 27.3. The van der Waals surface area contributed by atoms with Crippen molar-refractivity contribution in [1.29, 1.82) is 0 Å². The fourth-order valence-corrected chi connectivity index (χ4v) is 4.10. The minimum atomic E-state index is -0.251. The highest BCUT2D eigenvalue weighted by Crippen LogP contribution is 2.24. The molecule has 162 valence electrons. The minimum Gasteiger partial charge on any atom is -0.381 e. The van der Waals surface area contributed by atoms with E-state index in [2.05, 4.69) is 34.5 Å². The van der Waals surface area contributed by atoms with Gasteiger partial charge in [0.1, 0.15) is 0 Å². The van der Waals surface area contributed by atoms with Gasteiger partial charge < -0.3 is 19.5 Å². The largest absolute Gasteiger partial charge is 0.381 e. The predicted molar refractivity (Wildman–Crippen MR) is 107 cm³/mol. The Hall–Kier alpha value is -2.68. The molecule has 2 aromatic heterocycles. The number of carbonyl (C=O) groups is 2. The highest BCUT2D eigenvalue weighted by atomic mass is 16.5. The van der Waals surface area contributed by atoms with Crippen molar-refractivity contribution < 1.29 is 18.8 Å². The Kier molecular flexibility index (Phi) is 6.17. The molecule has 2 aliphatic rings. The molecule has 9 nitrogen and oxygen atoms in total. The number of nitrogens with one attached hydrogen (secondary N) is 2. The fourth-order valence-electron chi connectivity index (χ4n) is 4.10. The lowest BCUT2D eigenvalue weighted by atomic mass is 9.96. The van der Waals surface area contributed by atoms with Gasteiger partial charge >= 0.3 is 0 Å². The van der Waals surface area contributed by atoms with Gasteiger partial charge in [-0.05, 0) is 31.6 Å². The quantitative estimate of drug-likeness (QED) is 0.744. The van der Waals surface area contributed by atoms with Gasteiger partial charge in [0.05, 0.1) is 24.5 Å². The molecule has 0 unspecified atom stereocenters. The predicted octanol–water partition coefficient (Wildman–Crippen LogP) is 1.84. The first-order valence-corrected chi connectivity index (χ1v) is 10.7. The number of amides is 2. The monoisotopic (exact) mass is 415 g/mol. The molecule has 2 N–H and O–H groups in total. The van der Waals surface area contributed by atoms with Gasteiger partial charge in [0, 0.05) is 37.3 Å². The molecule has 0 atom stereocenters. The van der Waals surface area contributed by atoms with Gasteiger partial charge in [-0.15, -0.1) is 0 Å². The number of aromatic amines is 1. The van der Waals surface area contributed by atoms with Gasteiger partial charge in [-0.1, -0.05) is 19.0 Å². The number of fused-ring (bicyclic) bond motifs is 1. The van der Waals surface area contributed by atoms with E-state index < -0.39 is 0 Å². The first kappa shape index (κ1) is 20.6. The van der Waals surface area contributed by atoms with E-state index >= 15 is 0 Å². The van der Waals surface area contributed by atoms with Crippen molar-refractivity contribution in [2.45, 2.75) is 52.6 Å². The molecule has 30 heavy (non-hydrogen) atoms. The van der Waals surface area contributed by atoms with Crippen LogP contribution >= 0.6 is 0 Å². The van der Waals surface area contributed by atoms with Crippen molar-refractivity contribution in [2.75, 3.05) is 19.8 Å². The van der Waals surface area contributed by atoms with E-state index in [-0.39, 0.29) is 24.3 Å². The summed E-state index contributed by atoms with van der Waals surface area (Å²) in [7, 11) is 0. The average Bonchev–Trinajstić information content (AvgIpc) is 3.38. The lowest BCUT2D eigenvalue weighted by molar-refractivity contribution is -0.139. The van der Waals surface area contributed by atoms with Crippen molar-refractivity contribution in [1.82, 2.24) is 25.6 Å². The molecule has 1 saturated heterocycles. The van der Waals surface area contributed by atoms with E-state index in [1.807, 2.05) is 11.0 Å². The summed E-state index contributed by atoms with van der Waals surface area (Å²) in [5, 5.41) is 14.1. The molecule has 0 bridgehead atoms. The maximum absolute atomic E-state index is 12.8. The van der Waals surface area contributed by atoms with Crippen LogP contribution in [0.3, 0.4) is 0 Å². The lowest BCUT2D eigenvalue weighted by Gasteiger charge is -2.31. The van der Waals surface area contributed by atoms with Crippen molar-refractivity contribution in [3.8, 4) is 0 Å². The van der Waals surface area contributed by atoms with Crippen LogP contribution in [0.4, 0.5) is 0 Å². The number of rotatable bonds is 6. The summed E-state index contributed by atoms with van der Waals surface area (Å²) in [5.74, 6) is 1.07. The highest BCUT2D eigenvalue weighted by molar-refractivity contribution is 5.94. The minimum absolute atomic E-state index is 0.0356. The maximum Gasteiger partial charge on any atom is 0.272 e. The van der Waals surface area contributed by atoms with E-state index in [0.717, 1.165) is 36.2 Å². The smallest absolute Gasteiger partial charge is 0.272 e. The summed E-state index contributed by atoms with van der Waals surface area (Å²) >= 11 is 0. The number of ether oxygens (including phenoxy) is 1. The molecule has 0 saturated carbocycles. The van der Waals surface area contributed by atoms with Gasteiger partial charge in [0.2, 0.25) is 5.91 Å². The zero-order chi connectivity index (χ0) is 21.1. The van der Waals surface area contributed by atoms with E-state index in [1.54, 1.807) is 0 Å². The molecule has 2 amide bonds. The molecule has 1 fully saturated rings. The van der Waals surface area contributed by atoms with E-state index in [4.69, 9.17) is 9.26 Å². The van der Waals surface area contributed by atoms with Gasteiger partial charge in [-0.25, -0.2) is 0 Å². The van der Waals surface area contributed by atoms with Crippen LogP contribution in [-0.2, 0) is 35.5 Å². The maximum atomic E-state index is 12.8. The van der Waals surface area contributed by atoms with Crippen LogP contribution in [0.2, 0.25) is 0 Å². The Bertz CT molecular complexity index is 897. The van der Waals surface area contributed by atoms with E-state index in [9.17, 15) is 9.59 Å². The summed E-state index contributed by atoms with van der Waals surface area (Å²) in [6.45, 7) is 6.86. The first-order valence-electron chi connectivity index (χ1n) is 10.7. The Morgan fingerprint density at radius 1 is 1.33 bits per heavy atom. The van der Waals surface area contributed by atoms with Crippen molar-refractivity contribution >= 4 is 11.8 Å². The second-order valence-corrected chi connectivity index (χ2v) is 8.49. The summed E-state index contributed by atoms with van der Waals surface area (Å²) in [5.41, 5.74) is 3.01. The van der Waals surface area contributed by atoms with Crippen LogP contribution < -0.4 is 5.32 Å². The molecular weight excluding hydrogens is 386 g/mol. The third kappa shape index (κ3) is 4.56. The molecule has 4 heterocycles. The summed E-state index contributed by atoms with van der Waals surface area (Å²) in [6, 6.07) is 1.88. The van der Waals surface area contributed by atoms with Crippen LogP contribution in [-0.4, -0.2) is 51.8 Å². The number of carbonyl (C=O) groups excluding carboxylic acids is 2. The molecule has 0 aliphatic carbocycles. The Morgan fingerprint density at radius 2 is 2.13 bits per heavy atom. The molecule has 9 heteroatoms. The number of nitrogens with zero attached hydrogens (tertiary/aromatic N) is 3. The molecular formula is C21H29N5O4. The standard InChI is InChI=1S/C21H29N5O4/c1-13(2)9-15-10-16(30-25-15)11-22-20(27)19-17-3-6-26(12-18(17)23-24-19)21(28)14-4-7-29-8-5-14/h10,13-14H,3-9,11-12H2,1-2H3,(H,22,27)(H,23,24). The Balaban J connectivity index is 1.34. The Labute approximate surface area is 175 Å². The molecule has 2 aliphatic heterocycles. The van der Waals surface area contributed by atoms with E-state index in [1.165, 1.54) is 0 Å². The van der Waals surface area contributed by atoms with Crippen molar-refractivity contribution in [3.05, 3.63) is 34.5 Å². The van der Waals surface area contributed by atoms with Gasteiger partial charge in [-0.2, -0.15) is 5.10 Å². The van der Waals surface area contributed by atoms with Gasteiger partial charge in [0.15, 0.2) is 11.5 Å². The third-order valence-electron chi connectivity index (χ3n) is 5.68. The van der Waals surface area contributed by atoms with E-state index in [0.29, 0.717) is 50.1 Å². The van der Waals surface area contributed by atoms with Crippen LogP contribution in [0.5, 0.6) is 0 Å². The third-order valence-corrected chi connectivity index (χ3v) is 5.68. The fraction of sp³-hybridized carbons (Fsp3) is 0.619. The first-order chi connectivity index (χ1) is 14.5. The number of hydrogen-bond donors (Lipinski definition) is 2. The van der Waals surface area contributed by atoms with Gasteiger partial charge in [0.25, 0.3) is 5.91 Å². The highest BCUT2D eigenvalue weighted by Gasteiger charge is 2.31. The number of aromatic nitrogens is 3. The zero-order valence-electron chi connectivity index (χ0n) is 17.6. The normalized spacial score (nSPS) is 17.2. The molecule has 2 aromatic rings. The lowest BCUT2D eigenvalue weighted by Crippen LogP contribution is -2.41. The van der Waals surface area contributed by atoms with Gasteiger partial charge in [-0.3, -0.25) is 14.7 Å². The number of H-pyrrole nitrogens is 1. The SMILES string of the molecule is CC(C)Cc1cc(CNC(=O)c2n[nH]c3c2CCN(C(=O)C2CCOCC2)C3)on1. The second-order valence-electron chi connectivity index (χ2n) is 8.49. The second kappa shape index (κ2) is 8.99. The molecule has 0 aromatic carbocycles. The van der Waals surface area contributed by atoms with Crippen LogP contribution in [0, 0.1) is 11.8 Å². The molecule has 0 spiro atoms. The summed E-state index contributed by atoms with van der Waals surface area (Å²) < 4.78 is 10.7. The Morgan fingerprint density at radius 3 is 2.90 bits per heavy atom. The van der Waals surface area contributed by atoms with Crippen molar-refractivity contribution in [2.24, 2.45) is 11.8 Å². The van der Waals surface area contributed by atoms with Crippen molar-refractivity contribution in [3.63, 3.8) is 0 Å². The zero-order valence-corrected chi connectivity index (χ0v) is 17.6. The number of hydrogen-bond acceptors (Lipinski definition) is 6. The average molecular weight is 415 g/mol. The van der Waals surface area contributed by atoms with Crippen LogP contribution in [0.25, 0.3) is 0 Å². The molecule has 4 rings (SSSR count).